The van der Waals surface area contributed by atoms with Gasteiger partial charge >= 0.3 is 162 Å². The van der Waals surface area contributed by atoms with Gasteiger partial charge in [0.15, 0.2) is 0 Å². The molecule has 0 bridgehead atoms. The van der Waals surface area contributed by atoms with Gasteiger partial charge in [0.05, 0.1) is 0 Å². The summed E-state index contributed by atoms with van der Waals surface area (Å²) in [7, 11) is -1.39. The fourth-order valence-electron chi connectivity index (χ4n) is 3.76. The second kappa shape index (κ2) is 7.78. The van der Waals surface area contributed by atoms with E-state index in [1.165, 1.54) is 14.5 Å². The second-order valence-corrected chi connectivity index (χ2v) is 22.9. The van der Waals surface area contributed by atoms with E-state index in [0.29, 0.717) is 15.8 Å². The first-order chi connectivity index (χ1) is 11.5. The average molecular weight is 472 g/mol. The summed E-state index contributed by atoms with van der Waals surface area (Å²) in [6.45, 7) is 18.7. The molecule has 0 amide bonds. The van der Waals surface area contributed by atoms with Gasteiger partial charge in [-0.05, 0) is 0 Å². The van der Waals surface area contributed by atoms with E-state index in [0.717, 1.165) is 0 Å². The van der Waals surface area contributed by atoms with E-state index >= 15 is 0 Å². The monoisotopic (exact) mass is 474 g/mol. The number of hydrogen-bond donors (Lipinski definition) is 0. The molecule has 140 valence electrons. The van der Waals surface area contributed by atoms with Gasteiger partial charge in [0, 0.05) is 0 Å². The summed E-state index contributed by atoms with van der Waals surface area (Å²) in [5.74, 6) is 5.20. The van der Waals surface area contributed by atoms with E-state index < -0.39 is 26.7 Å². The van der Waals surface area contributed by atoms with E-state index in [4.69, 9.17) is 3.10 Å². The van der Waals surface area contributed by atoms with Gasteiger partial charge in [0.25, 0.3) is 0 Å². The Morgan fingerprint density at radius 2 is 1.56 bits per heavy atom. The summed E-state index contributed by atoms with van der Waals surface area (Å²) in [5.41, 5.74) is 4.80. The topological polar surface area (TPSA) is 9.23 Å². The van der Waals surface area contributed by atoms with Gasteiger partial charge in [-0.2, -0.15) is 0 Å². The van der Waals surface area contributed by atoms with Crippen molar-refractivity contribution < 1.29 is 3.10 Å². The van der Waals surface area contributed by atoms with Gasteiger partial charge in [-0.25, -0.2) is 0 Å². The first kappa shape index (κ1) is 21.1. The van der Waals surface area contributed by atoms with Gasteiger partial charge in [-0.1, -0.05) is 0 Å². The molecule has 25 heavy (non-hydrogen) atoms. The molecule has 0 aromatic heterocycles. The van der Waals surface area contributed by atoms with Crippen molar-refractivity contribution in [2.24, 2.45) is 11.8 Å². The van der Waals surface area contributed by atoms with Gasteiger partial charge in [0.2, 0.25) is 0 Å². The maximum atomic E-state index is 7.00. The molecule has 1 aromatic rings. The average Bonchev–Trinajstić information content (AvgIpc) is 2.44. The van der Waals surface area contributed by atoms with Crippen molar-refractivity contribution in [1.82, 2.24) is 0 Å². The van der Waals surface area contributed by atoms with Crippen LogP contribution in [0.1, 0.15) is 40.2 Å². The van der Waals surface area contributed by atoms with Gasteiger partial charge in [-0.3, -0.25) is 0 Å². The summed E-state index contributed by atoms with van der Waals surface area (Å²) < 4.78 is 10.00. The van der Waals surface area contributed by atoms with Crippen LogP contribution in [0.25, 0.3) is 0 Å². The molecule has 2 rings (SSSR count). The summed E-state index contributed by atoms with van der Waals surface area (Å²) in [6.07, 6.45) is 0. The molecule has 0 saturated carbocycles. The second-order valence-electron chi connectivity index (χ2n) is 9.45. The van der Waals surface area contributed by atoms with E-state index in [-0.39, 0.29) is 5.60 Å². The van der Waals surface area contributed by atoms with E-state index in [9.17, 15) is 0 Å². The molecule has 0 unspecified atom stereocenters. The Morgan fingerprint density at radius 1 is 1.04 bits per heavy atom. The molecule has 1 nitrogen and oxygen atoms in total. The van der Waals surface area contributed by atoms with Crippen LogP contribution in [-0.4, -0.2) is 26.7 Å². The third-order valence-corrected chi connectivity index (χ3v) is 18.4. The van der Waals surface area contributed by atoms with Crippen LogP contribution >= 0.6 is 0 Å². The van der Waals surface area contributed by atoms with Crippen LogP contribution in [0, 0.1) is 23.3 Å². The van der Waals surface area contributed by atoms with Crippen molar-refractivity contribution in [1.29, 1.82) is 0 Å². The van der Waals surface area contributed by atoms with Crippen LogP contribution in [0.15, 0.2) is 30.3 Å². The van der Waals surface area contributed by atoms with Crippen LogP contribution in [0.2, 0.25) is 32.5 Å². The zero-order valence-corrected chi connectivity index (χ0v) is 20.7. The zero-order valence-electron chi connectivity index (χ0n) is 17.3. The maximum absolute atomic E-state index is 7.00. The summed E-state index contributed by atoms with van der Waals surface area (Å²) in [4.78, 5) is 0. The molecule has 1 aromatic carbocycles. The minimum absolute atomic E-state index is 0.210. The number of benzene rings is 1. The Bertz CT molecular complexity index is 625. The molecule has 2 atom stereocenters. The molecular formula is C22H36OSiTe. The molecule has 3 heteroatoms. The molecule has 0 spiro atoms. The Balaban J connectivity index is 2.48. The van der Waals surface area contributed by atoms with E-state index in [1.54, 1.807) is 0 Å². The van der Waals surface area contributed by atoms with Crippen molar-refractivity contribution in [3.05, 3.63) is 35.9 Å². The first-order valence-corrected chi connectivity index (χ1v) is 18.6. The number of rotatable bonds is 5. The Morgan fingerprint density at radius 3 is 2.00 bits per heavy atom. The van der Waals surface area contributed by atoms with Crippen molar-refractivity contribution >= 4 is 26.7 Å². The minimum atomic E-state index is -2.51. The van der Waals surface area contributed by atoms with Crippen molar-refractivity contribution in [2.45, 2.75) is 72.8 Å². The van der Waals surface area contributed by atoms with Crippen LogP contribution < -0.4 is 0 Å². The normalized spacial score (nSPS) is 26.7. The molecule has 1 aliphatic rings. The fourth-order valence-corrected chi connectivity index (χ4v) is 19.0. The van der Waals surface area contributed by atoms with Gasteiger partial charge < -0.3 is 0 Å². The standard InChI is InChI=1S/C22H36OSiTe/c1-18(2)16-25(17-19(3)4)21(14-15-24(6,7)8)22(5,23-25)20-12-10-9-11-13-20/h9-13,18-19,21H,16-17H2,1-8H3/t21-,22-/m0/s1. The Kier molecular flexibility index (Phi) is 6.55. The van der Waals surface area contributed by atoms with Gasteiger partial charge in [0.1, 0.15) is 0 Å². The Hall–Kier alpha value is -0.254. The molecule has 1 saturated heterocycles. The molecule has 1 aliphatic heterocycles. The summed E-state index contributed by atoms with van der Waals surface area (Å²) in [5, 5.41) is 0. The predicted molar refractivity (Wildman–Crippen MR) is 115 cm³/mol. The van der Waals surface area contributed by atoms with Crippen LogP contribution in [0.5, 0.6) is 0 Å². The van der Waals surface area contributed by atoms with Gasteiger partial charge in [-0.15, -0.1) is 0 Å². The van der Waals surface area contributed by atoms with Crippen LogP contribution in [0.4, 0.5) is 0 Å². The first-order valence-electron chi connectivity index (χ1n) is 9.55. The third-order valence-electron chi connectivity index (χ3n) is 4.43. The molecule has 0 N–H and O–H groups in total. The quantitative estimate of drug-likeness (QED) is 0.354. The molecule has 0 radical (unpaired) electrons. The number of hydrogen-bond acceptors (Lipinski definition) is 1. The third kappa shape index (κ3) is 4.93. The SMILES string of the molecule is CC(C)C[Te]1(CC(C)C)O[C@@](C)(c2ccccc2)[C@@H]1C#C[Si](C)(C)C. The zero-order chi connectivity index (χ0) is 18.9. The van der Waals surface area contributed by atoms with Crippen molar-refractivity contribution in [3.8, 4) is 11.5 Å². The van der Waals surface area contributed by atoms with Crippen LogP contribution in [-0.2, 0) is 8.70 Å². The molecule has 1 fully saturated rings. The summed E-state index contributed by atoms with van der Waals surface area (Å²) in [6, 6.07) is 10.8. The molecular weight excluding hydrogens is 436 g/mol. The summed E-state index contributed by atoms with van der Waals surface area (Å²) >= 11 is -2.51. The predicted octanol–water partition coefficient (Wildman–Crippen LogP) is 6.44. The fraction of sp³-hybridized carbons (Fsp3) is 0.636. The van der Waals surface area contributed by atoms with Crippen molar-refractivity contribution in [2.75, 3.05) is 0 Å². The van der Waals surface area contributed by atoms with E-state index in [2.05, 4.69) is 96.1 Å². The van der Waals surface area contributed by atoms with E-state index in [1.807, 2.05) is 0 Å². The molecule has 1 heterocycles. The molecule has 0 aliphatic carbocycles. The van der Waals surface area contributed by atoms with Crippen molar-refractivity contribution in [3.63, 3.8) is 0 Å². The van der Waals surface area contributed by atoms with Crippen LogP contribution in [0.3, 0.4) is 0 Å². The Labute approximate surface area is 161 Å².